The van der Waals surface area contributed by atoms with Crippen molar-refractivity contribution in [3.05, 3.63) is 67.0 Å². The van der Waals surface area contributed by atoms with Crippen molar-refractivity contribution in [1.82, 2.24) is 4.98 Å². The van der Waals surface area contributed by atoms with Crippen LogP contribution in [0.1, 0.15) is 6.92 Å². The molecule has 28 heavy (non-hydrogen) atoms. The highest BCUT2D eigenvalue weighted by molar-refractivity contribution is 5.96. The molecular formula is C22H21N3O3. The molecule has 142 valence electrons. The van der Waals surface area contributed by atoms with Crippen molar-refractivity contribution in [1.29, 1.82) is 0 Å². The van der Waals surface area contributed by atoms with Gasteiger partial charge in [-0.2, -0.15) is 0 Å². The largest absolute Gasteiger partial charge is 0.486 e. The fourth-order valence-electron chi connectivity index (χ4n) is 2.98. The average molecular weight is 375 g/mol. The lowest BCUT2D eigenvalue weighted by Crippen LogP contribution is -2.31. The quantitative estimate of drug-likeness (QED) is 0.706. The van der Waals surface area contributed by atoms with E-state index in [0.29, 0.717) is 19.0 Å². The number of nitrogens with zero attached hydrogens (tertiary/aromatic N) is 1. The van der Waals surface area contributed by atoms with Crippen LogP contribution in [-0.4, -0.2) is 30.1 Å². The molecule has 6 nitrogen and oxygen atoms in total. The Morgan fingerprint density at radius 3 is 2.46 bits per heavy atom. The summed E-state index contributed by atoms with van der Waals surface area (Å²) in [5.74, 6) is 1.29. The Labute approximate surface area is 163 Å². The topological polar surface area (TPSA) is 72.5 Å². The number of hydrogen-bond acceptors (Lipinski definition) is 5. The summed E-state index contributed by atoms with van der Waals surface area (Å²) in [6.45, 7) is 2.90. The maximum Gasteiger partial charge on any atom is 0.246 e. The highest BCUT2D eigenvalue weighted by atomic mass is 16.6. The first-order valence-electron chi connectivity index (χ1n) is 9.16. The van der Waals surface area contributed by atoms with Crippen molar-refractivity contribution in [2.45, 2.75) is 13.0 Å². The second-order valence-electron chi connectivity index (χ2n) is 6.53. The van der Waals surface area contributed by atoms with Crippen molar-refractivity contribution in [3.63, 3.8) is 0 Å². The Morgan fingerprint density at radius 1 is 0.964 bits per heavy atom. The number of hydrogen-bond donors (Lipinski definition) is 2. The molecule has 0 aliphatic carbocycles. The van der Waals surface area contributed by atoms with Crippen LogP contribution in [0.25, 0.3) is 11.1 Å². The van der Waals surface area contributed by atoms with Crippen LogP contribution < -0.4 is 20.1 Å². The third kappa shape index (κ3) is 4.06. The van der Waals surface area contributed by atoms with Crippen molar-refractivity contribution in [2.75, 3.05) is 23.8 Å². The molecule has 1 aliphatic heterocycles. The smallest absolute Gasteiger partial charge is 0.246 e. The first-order chi connectivity index (χ1) is 13.7. The second-order valence-corrected chi connectivity index (χ2v) is 6.53. The van der Waals surface area contributed by atoms with Crippen molar-refractivity contribution in [2.24, 2.45) is 0 Å². The van der Waals surface area contributed by atoms with Crippen LogP contribution in [0.5, 0.6) is 11.5 Å². The molecule has 1 amide bonds. The van der Waals surface area contributed by atoms with E-state index in [4.69, 9.17) is 9.47 Å². The van der Waals surface area contributed by atoms with E-state index >= 15 is 0 Å². The summed E-state index contributed by atoms with van der Waals surface area (Å²) in [6.07, 6.45) is 3.56. The number of pyridine rings is 1. The Morgan fingerprint density at radius 2 is 1.71 bits per heavy atom. The number of carbonyl (C=O) groups is 1. The molecule has 1 atom stereocenters. The van der Waals surface area contributed by atoms with Gasteiger partial charge >= 0.3 is 0 Å². The normalized spacial score (nSPS) is 13.5. The molecule has 0 spiro atoms. The van der Waals surface area contributed by atoms with Gasteiger partial charge in [0.25, 0.3) is 0 Å². The molecule has 2 aromatic carbocycles. The molecule has 0 radical (unpaired) electrons. The molecule has 2 heterocycles. The number of nitrogens with one attached hydrogen (secondary N) is 2. The highest BCUT2D eigenvalue weighted by Gasteiger charge is 2.16. The number of aromatic nitrogens is 1. The van der Waals surface area contributed by atoms with E-state index in [-0.39, 0.29) is 5.91 Å². The van der Waals surface area contributed by atoms with Gasteiger partial charge in [-0.25, -0.2) is 0 Å². The van der Waals surface area contributed by atoms with Crippen molar-refractivity contribution >= 4 is 17.3 Å². The fourth-order valence-corrected chi connectivity index (χ4v) is 2.98. The first-order valence-corrected chi connectivity index (χ1v) is 9.16. The molecule has 1 unspecified atom stereocenters. The zero-order valence-electron chi connectivity index (χ0n) is 15.5. The maximum atomic E-state index is 12.5. The molecule has 3 aromatic rings. The summed E-state index contributed by atoms with van der Waals surface area (Å²) in [7, 11) is 0. The Bertz CT molecular complexity index is 959. The van der Waals surface area contributed by atoms with Gasteiger partial charge in [0.05, 0.1) is 0 Å². The van der Waals surface area contributed by atoms with E-state index in [0.717, 1.165) is 28.3 Å². The highest BCUT2D eigenvalue weighted by Crippen LogP contribution is 2.32. The van der Waals surface area contributed by atoms with E-state index in [1.54, 1.807) is 6.20 Å². The van der Waals surface area contributed by atoms with Gasteiger partial charge in [0.1, 0.15) is 19.3 Å². The van der Waals surface area contributed by atoms with Gasteiger partial charge in [0.2, 0.25) is 5.91 Å². The minimum Gasteiger partial charge on any atom is -0.486 e. The molecule has 0 saturated heterocycles. The third-order valence-corrected chi connectivity index (χ3v) is 4.47. The van der Waals surface area contributed by atoms with E-state index in [2.05, 4.69) is 15.6 Å². The zero-order chi connectivity index (χ0) is 19.3. The monoisotopic (exact) mass is 375 g/mol. The van der Waals surface area contributed by atoms with Crippen molar-refractivity contribution in [3.8, 4) is 22.6 Å². The lowest BCUT2D eigenvalue weighted by atomic mass is 10.1. The van der Waals surface area contributed by atoms with Crippen LogP contribution in [0, 0.1) is 0 Å². The van der Waals surface area contributed by atoms with Gasteiger partial charge in [-0.15, -0.1) is 0 Å². The van der Waals surface area contributed by atoms with E-state index < -0.39 is 6.04 Å². The molecular weight excluding hydrogens is 354 g/mol. The Hall–Kier alpha value is -3.54. The van der Waals surface area contributed by atoms with Gasteiger partial charge in [-0.1, -0.05) is 18.2 Å². The van der Waals surface area contributed by atoms with E-state index in [1.165, 1.54) is 0 Å². The third-order valence-electron chi connectivity index (χ3n) is 4.47. The van der Waals surface area contributed by atoms with Crippen LogP contribution in [0.4, 0.5) is 11.4 Å². The number of benzene rings is 2. The van der Waals surface area contributed by atoms with Gasteiger partial charge in [-0.3, -0.25) is 9.78 Å². The number of ether oxygens (including phenoxy) is 2. The lowest BCUT2D eigenvalue weighted by Gasteiger charge is -2.20. The minimum absolute atomic E-state index is 0.121. The molecule has 0 fully saturated rings. The van der Waals surface area contributed by atoms with Gasteiger partial charge in [0.15, 0.2) is 11.5 Å². The molecule has 6 heteroatoms. The van der Waals surface area contributed by atoms with Crippen LogP contribution in [0.2, 0.25) is 0 Å². The summed E-state index contributed by atoms with van der Waals surface area (Å²) in [6, 6.07) is 16.8. The molecule has 1 aliphatic rings. The van der Waals surface area contributed by atoms with E-state index in [9.17, 15) is 4.79 Å². The van der Waals surface area contributed by atoms with Crippen LogP contribution in [-0.2, 0) is 4.79 Å². The summed E-state index contributed by atoms with van der Waals surface area (Å²) in [5.41, 5.74) is 3.63. The van der Waals surface area contributed by atoms with E-state index in [1.807, 2.05) is 67.7 Å². The Balaban J connectivity index is 1.38. The zero-order valence-corrected chi connectivity index (χ0v) is 15.5. The average Bonchev–Trinajstić information content (AvgIpc) is 2.75. The summed E-state index contributed by atoms with van der Waals surface area (Å²) >= 11 is 0. The molecule has 0 saturated carbocycles. The molecule has 2 N–H and O–H groups in total. The number of carbonyl (C=O) groups excluding carboxylic acids is 1. The maximum absolute atomic E-state index is 12.5. The minimum atomic E-state index is -0.416. The Kier molecular flexibility index (Phi) is 5.10. The van der Waals surface area contributed by atoms with Crippen LogP contribution in [0.3, 0.4) is 0 Å². The van der Waals surface area contributed by atoms with Crippen LogP contribution >= 0.6 is 0 Å². The predicted molar refractivity (Wildman–Crippen MR) is 109 cm³/mol. The van der Waals surface area contributed by atoms with Gasteiger partial charge < -0.3 is 20.1 Å². The first kappa shape index (κ1) is 17.9. The number of rotatable bonds is 5. The van der Waals surface area contributed by atoms with Gasteiger partial charge in [0, 0.05) is 29.8 Å². The standard InChI is InChI=1S/C22H21N3O3/c1-15(24-19-8-9-20-21(13-19)28-12-11-27-20)22(26)25-18-6-4-16(5-7-18)17-3-2-10-23-14-17/h2-10,13-15,24H,11-12H2,1H3,(H,25,26). The summed E-state index contributed by atoms with van der Waals surface area (Å²) in [5, 5.41) is 6.12. The molecule has 0 bridgehead atoms. The van der Waals surface area contributed by atoms with Crippen molar-refractivity contribution < 1.29 is 14.3 Å². The predicted octanol–water partition coefficient (Wildman–Crippen LogP) is 3.96. The molecule has 1 aromatic heterocycles. The lowest BCUT2D eigenvalue weighted by molar-refractivity contribution is -0.116. The summed E-state index contributed by atoms with van der Waals surface area (Å²) in [4.78, 5) is 16.6. The second kappa shape index (κ2) is 8.00. The molecule has 4 rings (SSSR count). The van der Waals surface area contributed by atoms with Gasteiger partial charge in [-0.05, 0) is 48.4 Å². The summed E-state index contributed by atoms with van der Waals surface area (Å²) < 4.78 is 11.1. The number of amides is 1. The fraction of sp³-hybridized carbons (Fsp3) is 0.182. The number of anilines is 2. The van der Waals surface area contributed by atoms with Crippen LogP contribution in [0.15, 0.2) is 67.0 Å². The SMILES string of the molecule is CC(Nc1ccc2c(c1)OCCO2)C(=O)Nc1ccc(-c2cccnc2)cc1. The number of fused-ring (bicyclic) bond motifs is 1.